The Bertz CT molecular complexity index is 1010. The number of hydrogen-bond acceptors (Lipinski definition) is 7. The third-order valence-corrected chi connectivity index (χ3v) is 4.43. The molecule has 0 atom stereocenters. The van der Waals surface area contributed by atoms with Gasteiger partial charge in [-0.2, -0.15) is 0 Å². The summed E-state index contributed by atoms with van der Waals surface area (Å²) in [6, 6.07) is 7.08. The number of nitrogens with zero attached hydrogens (tertiary/aromatic N) is 3. The quantitative estimate of drug-likeness (QED) is 0.668. The lowest BCUT2D eigenvalue weighted by atomic mass is 10.1. The van der Waals surface area contributed by atoms with Crippen molar-refractivity contribution in [1.29, 1.82) is 0 Å². The molecule has 0 aliphatic carbocycles. The molecule has 142 valence electrons. The molecule has 1 N–H and O–H groups in total. The van der Waals surface area contributed by atoms with Gasteiger partial charge < -0.3 is 14.0 Å². The highest BCUT2D eigenvalue weighted by atomic mass is 32.1. The summed E-state index contributed by atoms with van der Waals surface area (Å²) in [5.74, 6) is 0.354. The number of amides is 1. The smallest absolute Gasteiger partial charge is 0.258 e. The Kier molecular flexibility index (Phi) is 5.82. The van der Waals surface area contributed by atoms with E-state index in [1.165, 1.54) is 15.9 Å². The molecule has 8 nitrogen and oxygen atoms in total. The Labute approximate surface area is 159 Å². The monoisotopic (exact) mass is 388 g/mol. The first kappa shape index (κ1) is 19.0. The minimum atomic E-state index is -0.351. The zero-order chi connectivity index (χ0) is 19.4. The summed E-state index contributed by atoms with van der Waals surface area (Å²) in [5.41, 5.74) is -0.240. The van der Waals surface area contributed by atoms with Crippen LogP contribution in [0, 0.1) is 0 Å². The number of ether oxygens (including phenoxy) is 2. The second kappa shape index (κ2) is 8.28. The van der Waals surface area contributed by atoms with Gasteiger partial charge in [-0.05, 0) is 43.5 Å². The molecule has 27 heavy (non-hydrogen) atoms. The number of pyridine rings is 1. The first-order chi connectivity index (χ1) is 13.0. The summed E-state index contributed by atoms with van der Waals surface area (Å²) >= 11 is 1.23. The summed E-state index contributed by atoms with van der Waals surface area (Å²) in [5, 5.41) is 12.8. The number of anilines is 1. The molecule has 0 fully saturated rings. The van der Waals surface area contributed by atoms with E-state index in [4.69, 9.17) is 9.47 Å². The molecule has 0 unspecified atom stereocenters. The minimum absolute atomic E-state index is 0.0521. The lowest BCUT2D eigenvalue weighted by Gasteiger charge is -2.11. The second-order valence-corrected chi connectivity index (χ2v) is 7.21. The summed E-state index contributed by atoms with van der Waals surface area (Å²) in [4.78, 5) is 24.9. The Morgan fingerprint density at radius 1 is 1.30 bits per heavy atom. The zero-order valence-corrected chi connectivity index (χ0v) is 16.1. The number of rotatable bonds is 7. The molecular weight excluding hydrogens is 368 g/mol. The Hall–Kier alpha value is -2.78. The first-order valence-corrected chi connectivity index (χ1v) is 9.19. The normalized spacial score (nSPS) is 11.1. The van der Waals surface area contributed by atoms with Gasteiger partial charge in [-0.25, -0.2) is 0 Å². The van der Waals surface area contributed by atoms with Gasteiger partial charge in [-0.1, -0.05) is 11.3 Å². The third-order valence-electron chi connectivity index (χ3n) is 3.62. The van der Waals surface area contributed by atoms with E-state index in [9.17, 15) is 9.59 Å². The highest BCUT2D eigenvalue weighted by Gasteiger charge is 2.11. The zero-order valence-electron chi connectivity index (χ0n) is 15.3. The SMILES string of the molecule is COCc1nnc(NC(=O)Cn2ccc3cc(OC(C)C)ccc3c2=O)s1. The molecule has 0 bridgehead atoms. The molecule has 9 heteroatoms. The van der Waals surface area contributed by atoms with E-state index < -0.39 is 0 Å². The van der Waals surface area contributed by atoms with Crippen LogP contribution in [0.3, 0.4) is 0 Å². The molecule has 2 heterocycles. The number of carbonyl (C=O) groups is 1. The van der Waals surface area contributed by atoms with E-state index in [0.29, 0.717) is 27.9 Å². The average molecular weight is 388 g/mol. The van der Waals surface area contributed by atoms with E-state index in [0.717, 1.165) is 5.39 Å². The van der Waals surface area contributed by atoms with Crippen LogP contribution in [0.5, 0.6) is 5.75 Å². The van der Waals surface area contributed by atoms with Crippen LogP contribution >= 0.6 is 11.3 Å². The van der Waals surface area contributed by atoms with E-state index in [2.05, 4.69) is 15.5 Å². The van der Waals surface area contributed by atoms with Gasteiger partial charge >= 0.3 is 0 Å². The van der Waals surface area contributed by atoms with Crippen molar-refractivity contribution in [2.45, 2.75) is 33.1 Å². The summed E-state index contributed by atoms with van der Waals surface area (Å²) in [6.45, 7) is 4.10. The van der Waals surface area contributed by atoms with E-state index >= 15 is 0 Å². The first-order valence-electron chi connectivity index (χ1n) is 8.37. The lowest BCUT2D eigenvalue weighted by Crippen LogP contribution is -2.27. The van der Waals surface area contributed by atoms with Crippen molar-refractivity contribution in [2.75, 3.05) is 12.4 Å². The van der Waals surface area contributed by atoms with Crippen LogP contribution in [0.15, 0.2) is 35.3 Å². The standard InChI is InChI=1S/C18H20N4O4S/c1-11(2)26-13-4-5-14-12(8-13)6-7-22(17(14)24)9-15(23)19-18-21-20-16(27-18)10-25-3/h4-8,11H,9-10H2,1-3H3,(H,19,21,23). The van der Waals surface area contributed by atoms with Gasteiger partial charge in [0.15, 0.2) is 0 Å². The molecule has 2 aromatic heterocycles. The van der Waals surface area contributed by atoms with Gasteiger partial charge in [0.05, 0.1) is 6.10 Å². The maximum atomic E-state index is 12.6. The number of benzene rings is 1. The number of methoxy groups -OCH3 is 1. The maximum Gasteiger partial charge on any atom is 0.258 e. The number of fused-ring (bicyclic) bond motifs is 1. The van der Waals surface area contributed by atoms with Gasteiger partial charge in [0, 0.05) is 18.7 Å². The van der Waals surface area contributed by atoms with Crippen LogP contribution in [0.1, 0.15) is 18.9 Å². The fourth-order valence-electron chi connectivity index (χ4n) is 2.54. The lowest BCUT2D eigenvalue weighted by molar-refractivity contribution is -0.116. The van der Waals surface area contributed by atoms with Crippen molar-refractivity contribution in [3.05, 3.63) is 45.8 Å². The average Bonchev–Trinajstić information content (AvgIpc) is 3.04. The van der Waals surface area contributed by atoms with E-state index in [-0.39, 0.29) is 24.1 Å². The van der Waals surface area contributed by atoms with Crippen molar-refractivity contribution >= 4 is 33.1 Å². The highest BCUT2D eigenvalue weighted by molar-refractivity contribution is 7.15. The molecular formula is C18H20N4O4S. The summed E-state index contributed by atoms with van der Waals surface area (Å²) in [6.07, 6.45) is 1.65. The minimum Gasteiger partial charge on any atom is -0.491 e. The molecule has 1 aromatic carbocycles. The summed E-state index contributed by atoms with van der Waals surface area (Å²) in [7, 11) is 1.56. The van der Waals surface area contributed by atoms with E-state index in [1.54, 1.807) is 31.5 Å². The van der Waals surface area contributed by atoms with Gasteiger partial charge in [-0.3, -0.25) is 14.9 Å². The topological polar surface area (TPSA) is 95.3 Å². The maximum absolute atomic E-state index is 12.6. The van der Waals surface area contributed by atoms with Crippen LogP contribution in [0.25, 0.3) is 10.8 Å². The van der Waals surface area contributed by atoms with Gasteiger partial charge in [0.25, 0.3) is 5.56 Å². The van der Waals surface area contributed by atoms with Crippen LogP contribution in [0.4, 0.5) is 5.13 Å². The third kappa shape index (κ3) is 4.69. The van der Waals surface area contributed by atoms with Gasteiger partial charge in [0.1, 0.15) is 23.9 Å². The van der Waals surface area contributed by atoms with Crippen molar-refractivity contribution in [3.8, 4) is 5.75 Å². The number of nitrogens with one attached hydrogen (secondary N) is 1. The Morgan fingerprint density at radius 3 is 2.85 bits per heavy atom. The molecule has 0 saturated carbocycles. The predicted octanol–water partition coefficient (Wildman–Crippen LogP) is 2.43. The number of aromatic nitrogens is 3. The number of hydrogen-bond donors (Lipinski definition) is 1. The largest absolute Gasteiger partial charge is 0.491 e. The van der Waals surface area contributed by atoms with Crippen molar-refractivity contribution in [3.63, 3.8) is 0 Å². The molecule has 3 aromatic rings. The molecule has 3 rings (SSSR count). The number of carbonyl (C=O) groups excluding carboxylic acids is 1. The summed E-state index contributed by atoms with van der Waals surface area (Å²) < 4.78 is 12.0. The molecule has 0 radical (unpaired) electrons. The molecule has 0 saturated heterocycles. The van der Waals surface area contributed by atoms with Crippen LogP contribution in [-0.2, 0) is 22.7 Å². The fourth-order valence-corrected chi connectivity index (χ4v) is 3.26. The van der Waals surface area contributed by atoms with Crippen molar-refractivity contribution in [1.82, 2.24) is 14.8 Å². The van der Waals surface area contributed by atoms with Crippen LogP contribution < -0.4 is 15.6 Å². The van der Waals surface area contributed by atoms with Crippen molar-refractivity contribution in [2.24, 2.45) is 0 Å². The van der Waals surface area contributed by atoms with Crippen LogP contribution in [0.2, 0.25) is 0 Å². The predicted molar refractivity (Wildman–Crippen MR) is 103 cm³/mol. The van der Waals surface area contributed by atoms with Gasteiger partial charge in [-0.15, -0.1) is 10.2 Å². The fraction of sp³-hybridized carbons (Fsp3) is 0.333. The van der Waals surface area contributed by atoms with E-state index in [1.807, 2.05) is 19.9 Å². The second-order valence-electron chi connectivity index (χ2n) is 6.15. The molecule has 0 aliphatic rings. The molecule has 0 aliphatic heterocycles. The Balaban J connectivity index is 1.75. The van der Waals surface area contributed by atoms with Gasteiger partial charge in [0.2, 0.25) is 11.0 Å². The van der Waals surface area contributed by atoms with Crippen molar-refractivity contribution < 1.29 is 14.3 Å². The van der Waals surface area contributed by atoms with Crippen LogP contribution in [-0.4, -0.2) is 33.9 Å². The highest BCUT2D eigenvalue weighted by Crippen LogP contribution is 2.19. The molecule has 0 spiro atoms. The molecule has 1 amide bonds. The Morgan fingerprint density at radius 2 is 2.11 bits per heavy atom.